The van der Waals surface area contributed by atoms with Crippen LogP contribution < -0.4 is 14.8 Å². The predicted molar refractivity (Wildman–Crippen MR) is 90.9 cm³/mol. The first-order valence-electron chi connectivity index (χ1n) is 8.61. The van der Waals surface area contributed by atoms with E-state index < -0.39 is 23.3 Å². The number of nitro groups is 1. The Kier molecular flexibility index (Phi) is 6.88. The number of ether oxygens (including phenoxy) is 2. The van der Waals surface area contributed by atoms with Crippen LogP contribution in [0.25, 0.3) is 0 Å². The SMILES string of the molecule is COc1cc(CNCC2(O)CCCCC2)c([N+](=O)[O-])cc1OCC(F)(F)F. The fourth-order valence-corrected chi connectivity index (χ4v) is 3.15. The lowest BCUT2D eigenvalue weighted by Gasteiger charge is -2.32. The van der Waals surface area contributed by atoms with Gasteiger partial charge in [-0.25, -0.2) is 0 Å². The van der Waals surface area contributed by atoms with Crippen LogP contribution in [0.15, 0.2) is 12.1 Å². The van der Waals surface area contributed by atoms with Crippen molar-refractivity contribution < 1.29 is 32.7 Å². The van der Waals surface area contributed by atoms with Gasteiger partial charge in [-0.1, -0.05) is 19.3 Å². The van der Waals surface area contributed by atoms with Crippen molar-refractivity contribution in [2.45, 2.75) is 50.4 Å². The number of nitrogens with zero attached hydrogens (tertiary/aromatic N) is 1. The molecule has 0 unspecified atom stereocenters. The molecule has 2 N–H and O–H groups in total. The molecule has 1 fully saturated rings. The molecule has 0 heterocycles. The largest absolute Gasteiger partial charge is 0.493 e. The highest BCUT2D eigenvalue weighted by Gasteiger charge is 2.31. The summed E-state index contributed by atoms with van der Waals surface area (Å²) in [7, 11) is 1.24. The molecule has 1 saturated carbocycles. The smallest absolute Gasteiger partial charge is 0.422 e. The maximum Gasteiger partial charge on any atom is 0.422 e. The summed E-state index contributed by atoms with van der Waals surface area (Å²) in [5, 5.41) is 24.8. The first kappa shape index (κ1) is 21.2. The van der Waals surface area contributed by atoms with Gasteiger partial charge < -0.3 is 19.9 Å². The second-order valence-electron chi connectivity index (χ2n) is 6.68. The van der Waals surface area contributed by atoms with Gasteiger partial charge in [0.1, 0.15) is 0 Å². The number of hydrogen-bond acceptors (Lipinski definition) is 6. The summed E-state index contributed by atoms with van der Waals surface area (Å²) >= 11 is 0. The number of methoxy groups -OCH3 is 1. The maximum absolute atomic E-state index is 12.4. The molecule has 2 rings (SSSR count). The van der Waals surface area contributed by atoms with Crippen molar-refractivity contribution >= 4 is 5.69 Å². The quantitative estimate of drug-likeness (QED) is 0.521. The van der Waals surface area contributed by atoms with Crippen LogP contribution in [0, 0.1) is 10.1 Å². The first-order valence-corrected chi connectivity index (χ1v) is 8.61. The van der Waals surface area contributed by atoms with Gasteiger partial charge in [-0.05, 0) is 18.9 Å². The summed E-state index contributed by atoms with van der Waals surface area (Å²) in [5.41, 5.74) is -0.987. The number of aliphatic hydroxyl groups is 1. The van der Waals surface area contributed by atoms with Gasteiger partial charge in [0.25, 0.3) is 5.69 Å². The number of benzene rings is 1. The third-order valence-electron chi connectivity index (χ3n) is 4.51. The lowest BCUT2D eigenvalue weighted by molar-refractivity contribution is -0.385. The van der Waals surface area contributed by atoms with Gasteiger partial charge in [-0.15, -0.1) is 0 Å². The molecule has 0 aliphatic heterocycles. The Labute approximate surface area is 154 Å². The number of nitro benzene ring substituents is 1. The van der Waals surface area contributed by atoms with Crippen molar-refractivity contribution in [1.29, 1.82) is 0 Å². The Morgan fingerprint density at radius 3 is 2.48 bits per heavy atom. The van der Waals surface area contributed by atoms with Gasteiger partial charge in [-0.2, -0.15) is 13.2 Å². The average Bonchev–Trinajstić information content (AvgIpc) is 2.59. The highest BCUT2D eigenvalue weighted by Crippen LogP contribution is 2.36. The van der Waals surface area contributed by atoms with Crippen LogP contribution in [0.4, 0.5) is 18.9 Å². The van der Waals surface area contributed by atoms with Crippen LogP contribution in [0.5, 0.6) is 11.5 Å². The molecule has 0 bridgehead atoms. The van der Waals surface area contributed by atoms with Gasteiger partial charge in [0.2, 0.25) is 0 Å². The average molecular weight is 392 g/mol. The number of halogens is 3. The second-order valence-corrected chi connectivity index (χ2v) is 6.68. The Morgan fingerprint density at radius 1 is 1.26 bits per heavy atom. The van der Waals surface area contributed by atoms with E-state index in [1.807, 2.05) is 0 Å². The van der Waals surface area contributed by atoms with E-state index in [1.54, 1.807) is 0 Å². The summed E-state index contributed by atoms with van der Waals surface area (Å²) < 4.78 is 46.7. The van der Waals surface area contributed by atoms with Crippen LogP contribution in [-0.2, 0) is 6.54 Å². The monoisotopic (exact) mass is 392 g/mol. The zero-order valence-electron chi connectivity index (χ0n) is 15.0. The third kappa shape index (κ3) is 6.24. The van der Waals surface area contributed by atoms with Crippen molar-refractivity contribution in [3.05, 3.63) is 27.8 Å². The van der Waals surface area contributed by atoms with Gasteiger partial charge in [-0.3, -0.25) is 10.1 Å². The summed E-state index contributed by atoms with van der Waals surface area (Å²) in [6.07, 6.45) is -0.320. The van der Waals surface area contributed by atoms with Crippen molar-refractivity contribution in [1.82, 2.24) is 5.32 Å². The molecule has 1 aromatic rings. The van der Waals surface area contributed by atoms with Crippen LogP contribution in [0.3, 0.4) is 0 Å². The summed E-state index contributed by atoms with van der Waals surface area (Å²) in [5.74, 6) is -0.380. The molecule has 0 atom stereocenters. The molecule has 0 spiro atoms. The van der Waals surface area contributed by atoms with Gasteiger partial charge in [0.05, 0.1) is 23.7 Å². The molecule has 1 aliphatic rings. The van der Waals surface area contributed by atoms with Crippen molar-refractivity contribution in [2.24, 2.45) is 0 Å². The topological polar surface area (TPSA) is 93.9 Å². The fourth-order valence-electron chi connectivity index (χ4n) is 3.15. The summed E-state index contributed by atoms with van der Waals surface area (Å²) in [4.78, 5) is 10.6. The first-order chi connectivity index (χ1) is 12.6. The van der Waals surface area contributed by atoms with E-state index in [4.69, 9.17) is 4.74 Å². The minimum Gasteiger partial charge on any atom is -0.493 e. The van der Waals surface area contributed by atoms with Crippen LogP contribution in [0.2, 0.25) is 0 Å². The molecule has 7 nitrogen and oxygen atoms in total. The standard InChI is InChI=1S/C17H23F3N2O5/c1-26-14-7-12(9-21-10-16(23)5-3-2-4-6-16)13(22(24)25)8-15(14)27-11-17(18,19)20/h7-8,21,23H,2-6,9-11H2,1H3. The number of nitrogens with one attached hydrogen (secondary N) is 1. The van der Waals surface area contributed by atoms with Gasteiger partial charge >= 0.3 is 6.18 Å². The van der Waals surface area contributed by atoms with E-state index in [2.05, 4.69) is 10.1 Å². The molecule has 0 amide bonds. The summed E-state index contributed by atoms with van der Waals surface area (Å²) in [6, 6.07) is 2.21. The van der Waals surface area contributed by atoms with Crippen LogP contribution in [0.1, 0.15) is 37.7 Å². The van der Waals surface area contributed by atoms with Gasteiger partial charge in [0, 0.05) is 18.7 Å². The number of rotatable bonds is 8. The van der Waals surface area contributed by atoms with E-state index >= 15 is 0 Å². The van der Waals surface area contributed by atoms with E-state index in [0.29, 0.717) is 12.8 Å². The van der Waals surface area contributed by atoms with Gasteiger partial charge in [0.15, 0.2) is 18.1 Å². The number of alkyl halides is 3. The highest BCUT2D eigenvalue weighted by atomic mass is 19.4. The fraction of sp³-hybridized carbons (Fsp3) is 0.647. The van der Waals surface area contributed by atoms with Crippen LogP contribution in [-0.4, -0.2) is 42.1 Å². The minimum atomic E-state index is -4.57. The molecule has 1 aromatic carbocycles. The zero-order valence-corrected chi connectivity index (χ0v) is 15.0. The van der Waals surface area contributed by atoms with E-state index in [9.17, 15) is 28.4 Å². The van der Waals surface area contributed by atoms with Crippen molar-refractivity contribution in [2.75, 3.05) is 20.3 Å². The molecule has 10 heteroatoms. The van der Waals surface area contributed by atoms with Crippen molar-refractivity contribution in [3.8, 4) is 11.5 Å². The molecule has 0 radical (unpaired) electrons. The predicted octanol–water partition coefficient (Wildman–Crippen LogP) is 3.33. The lowest BCUT2D eigenvalue weighted by Crippen LogP contribution is -2.41. The Hall–Kier alpha value is -2.07. The zero-order chi connectivity index (χ0) is 20.1. The minimum absolute atomic E-state index is 0.0296. The van der Waals surface area contributed by atoms with E-state index in [-0.39, 0.29) is 35.8 Å². The Bertz CT molecular complexity index is 661. The molecule has 0 saturated heterocycles. The third-order valence-corrected chi connectivity index (χ3v) is 4.51. The highest BCUT2D eigenvalue weighted by molar-refractivity contribution is 5.54. The Balaban J connectivity index is 2.13. The van der Waals surface area contributed by atoms with E-state index in [1.165, 1.54) is 13.2 Å². The number of hydrogen-bond donors (Lipinski definition) is 2. The molecular weight excluding hydrogens is 369 g/mol. The van der Waals surface area contributed by atoms with Crippen LogP contribution >= 0.6 is 0 Å². The summed E-state index contributed by atoms with van der Waals surface area (Å²) in [6.45, 7) is -1.24. The maximum atomic E-state index is 12.4. The molecular formula is C17H23F3N2O5. The van der Waals surface area contributed by atoms with Crippen molar-refractivity contribution in [3.63, 3.8) is 0 Å². The van der Waals surface area contributed by atoms with E-state index in [0.717, 1.165) is 25.3 Å². The molecule has 152 valence electrons. The second kappa shape index (κ2) is 8.75. The molecule has 1 aliphatic carbocycles. The molecule has 27 heavy (non-hydrogen) atoms. The molecule has 0 aromatic heterocycles. The lowest BCUT2D eigenvalue weighted by atomic mass is 9.85. The Morgan fingerprint density at radius 2 is 1.93 bits per heavy atom. The normalized spacial score (nSPS) is 16.8.